The largest absolute Gasteiger partial charge is 0.456 e. The molecule has 14 aromatic rings. The zero-order valence-corrected chi connectivity index (χ0v) is 41.7. The van der Waals surface area contributed by atoms with Gasteiger partial charge >= 0.3 is 0 Å². The number of para-hydroxylation sites is 4. The van der Waals surface area contributed by atoms with Crippen LogP contribution < -0.4 is 4.90 Å². The smallest absolute Gasteiger partial charge is 0.136 e. The van der Waals surface area contributed by atoms with Crippen molar-refractivity contribution in [3.05, 3.63) is 311 Å². The average Bonchev–Trinajstić information content (AvgIpc) is 4.40. The maximum Gasteiger partial charge on any atom is 0.136 e. The van der Waals surface area contributed by atoms with Crippen LogP contribution in [0.4, 0.5) is 17.1 Å². The van der Waals surface area contributed by atoms with E-state index in [2.05, 4.69) is 270 Å². The summed E-state index contributed by atoms with van der Waals surface area (Å²) in [6.45, 7) is 0. The van der Waals surface area contributed by atoms with Gasteiger partial charge in [-0.3, -0.25) is 0 Å². The van der Waals surface area contributed by atoms with Crippen LogP contribution in [0.3, 0.4) is 0 Å². The normalized spacial score (nSPS) is 15.4. The fourth-order valence-electron chi connectivity index (χ4n) is 15.2. The minimum absolute atomic E-state index is 0.502. The molecule has 356 valence electrons. The highest BCUT2D eigenvalue weighted by molar-refractivity contribution is 6.14. The van der Waals surface area contributed by atoms with Crippen LogP contribution in [-0.4, -0.2) is 4.57 Å². The SMILES string of the molecule is c1ccc2c(c1)-c1ccccc1C21c2ccccc2-c2c(N(c3ccc(-c4ccc5c(c4)oc4ccccc45)cc3)c3cccc4c3-c3ccccc3C43c4ccccc4-n4c5ccccc5c5cccc3c54)cccc21. The van der Waals surface area contributed by atoms with E-state index in [0.29, 0.717) is 0 Å². The van der Waals surface area contributed by atoms with Gasteiger partial charge < -0.3 is 13.9 Å². The number of hydrogen-bond donors (Lipinski definition) is 0. The van der Waals surface area contributed by atoms with Gasteiger partial charge in [0.05, 0.1) is 38.9 Å². The van der Waals surface area contributed by atoms with Gasteiger partial charge in [-0.2, -0.15) is 0 Å². The molecule has 1 aliphatic heterocycles. The first-order valence-electron chi connectivity index (χ1n) is 26.8. The molecule has 0 N–H and O–H groups in total. The van der Waals surface area contributed by atoms with Crippen LogP contribution in [0.5, 0.6) is 0 Å². The van der Waals surface area contributed by atoms with Gasteiger partial charge in [0, 0.05) is 38.4 Å². The predicted octanol–water partition coefficient (Wildman–Crippen LogP) is 18.8. The number of anilines is 3. The Labute approximate surface area is 444 Å². The van der Waals surface area contributed by atoms with Gasteiger partial charge in [-0.05, 0) is 132 Å². The Morgan fingerprint density at radius 2 is 0.779 bits per heavy atom. The molecule has 0 bridgehead atoms. The number of aromatic nitrogens is 1. The molecule has 0 radical (unpaired) electrons. The number of furan rings is 1. The van der Waals surface area contributed by atoms with Gasteiger partial charge in [-0.15, -0.1) is 0 Å². The number of benzene rings is 12. The van der Waals surface area contributed by atoms with Crippen molar-refractivity contribution in [1.29, 1.82) is 0 Å². The average molecular weight is 977 g/mol. The molecule has 2 aromatic heterocycles. The third-order valence-electron chi connectivity index (χ3n) is 18.0. The van der Waals surface area contributed by atoms with Crippen molar-refractivity contribution in [2.45, 2.75) is 10.8 Å². The Bertz CT molecular complexity index is 4850. The van der Waals surface area contributed by atoms with Crippen LogP contribution in [0.15, 0.2) is 271 Å². The molecular weight excluding hydrogens is 933 g/mol. The van der Waals surface area contributed by atoms with Gasteiger partial charge in [0.25, 0.3) is 0 Å². The van der Waals surface area contributed by atoms with Crippen molar-refractivity contribution < 1.29 is 4.42 Å². The molecule has 3 heterocycles. The highest BCUT2D eigenvalue weighted by Gasteiger charge is 2.54. The van der Waals surface area contributed by atoms with E-state index in [0.717, 1.165) is 50.1 Å². The van der Waals surface area contributed by atoms with E-state index in [-0.39, 0.29) is 0 Å². The van der Waals surface area contributed by atoms with Crippen molar-refractivity contribution in [2.75, 3.05) is 4.90 Å². The fraction of sp³-hybridized carbons (Fsp3) is 0.0270. The molecule has 0 saturated carbocycles. The van der Waals surface area contributed by atoms with E-state index in [1.165, 1.54) is 105 Å². The highest BCUT2D eigenvalue weighted by Crippen LogP contribution is 2.67. The first kappa shape index (κ1) is 41.4. The molecule has 77 heavy (non-hydrogen) atoms. The maximum absolute atomic E-state index is 6.43. The lowest BCUT2D eigenvalue weighted by Crippen LogP contribution is -2.33. The minimum atomic E-state index is -0.611. The molecule has 18 rings (SSSR count). The Balaban J connectivity index is 0.926. The van der Waals surface area contributed by atoms with Crippen molar-refractivity contribution >= 4 is 60.8 Å². The van der Waals surface area contributed by atoms with E-state index in [1.807, 2.05) is 6.07 Å². The molecule has 3 aliphatic carbocycles. The Hall–Kier alpha value is -9.96. The summed E-state index contributed by atoms with van der Waals surface area (Å²) < 4.78 is 8.96. The van der Waals surface area contributed by atoms with Crippen LogP contribution >= 0.6 is 0 Å². The van der Waals surface area contributed by atoms with Crippen LogP contribution in [0.2, 0.25) is 0 Å². The first-order chi connectivity index (χ1) is 38.2. The summed E-state index contributed by atoms with van der Waals surface area (Å²) in [5.74, 6) is 0. The van der Waals surface area contributed by atoms with E-state index in [4.69, 9.17) is 4.42 Å². The molecule has 1 atom stereocenters. The summed E-state index contributed by atoms with van der Waals surface area (Å²) in [7, 11) is 0. The van der Waals surface area contributed by atoms with Crippen LogP contribution in [0, 0.1) is 0 Å². The highest BCUT2D eigenvalue weighted by atomic mass is 16.3. The molecule has 0 fully saturated rings. The summed E-state index contributed by atoms with van der Waals surface area (Å²) in [5.41, 5.74) is 28.1. The lowest BCUT2D eigenvalue weighted by atomic mass is 9.65. The third-order valence-corrected chi connectivity index (χ3v) is 18.0. The molecule has 3 heteroatoms. The lowest BCUT2D eigenvalue weighted by molar-refractivity contribution is 0.669. The van der Waals surface area contributed by atoms with Gasteiger partial charge in [-0.1, -0.05) is 212 Å². The predicted molar refractivity (Wildman–Crippen MR) is 315 cm³/mol. The number of rotatable bonds is 4. The fourth-order valence-corrected chi connectivity index (χ4v) is 15.2. The second kappa shape index (κ2) is 14.9. The quantitative estimate of drug-likeness (QED) is 0.175. The second-order valence-electron chi connectivity index (χ2n) is 21.3. The van der Waals surface area contributed by atoms with Crippen molar-refractivity contribution in [2.24, 2.45) is 0 Å². The Kier molecular flexibility index (Phi) is 8.00. The number of nitrogens with zero attached hydrogens (tertiary/aromatic N) is 2. The monoisotopic (exact) mass is 976 g/mol. The molecule has 0 amide bonds. The standard InChI is InChI=1S/C74H44N2O/c1-7-25-56-48(18-1)49-19-2-8-26-57(49)73(56)58-27-9-3-22-54(58)70-61(73)30-16-35-66(70)75(47-41-38-45(39-42-47)46-40-43-52-51-21-6-14-37-68(51)77-69(52)44-46)67-36-17-31-62-71(67)55-23-4-10-28-59(55)74(62)60-29-11-13-34-65(60)76-64-33-12-5-20-50(64)53-24-15-32-63(74)72(53)76/h1-44H. The first-order valence-corrected chi connectivity index (χ1v) is 26.8. The van der Waals surface area contributed by atoms with Crippen molar-refractivity contribution in [3.63, 3.8) is 0 Å². The number of fused-ring (bicyclic) bond motifs is 25. The summed E-state index contributed by atoms with van der Waals surface area (Å²) >= 11 is 0. The van der Waals surface area contributed by atoms with Crippen molar-refractivity contribution in [1.82, 2.24) is 4.57 Å². The summed E-state index contributed by atoms with van der Waals surface area (Å²) in [4.78, 5) is 2.59. The maximum atomic E-state index is 6.43. The lowest BCUT2D eigenvalue weighted by Gasteiger charge is -2.39. The van der Waals surface area contributed by atoms with Crippen molar-refractivity contribution in [3.8, 4) is 50.2 Å². The van der Waals surface area contributed by atoms with E-state index in [1.54, 1.807) is 0 Å². The molecule has 12 aromatic carbocycles. The number of hydrogen-bond acceptors (Lipinski definition) is 2. The van der Waals surface area contributed by atoms with Crippen LogP contribution in [0.25, 0.3) is 93.9 Å². The molecule has 2 spiro atoms. The van der Waals surface area contributed by atoms with E-state index in [9.17, 15) is 0 Å². The summed E-state index contributed by atoms with van der Waals surface area (Å²) in [6, 6.07) is 100. The molecule has 3 nitrogen and oxygen atoms in total. The van der Waals surface area contributed by atoms with Crippen LogP contribution in [-0.2, 0) is 10.8 Å². The van der Waals surface area contributed by atoms with Gasteiger partial charge in [0.2, 0.25) is 0 Å². The minimum Gasteiger partial charge on any atom is -0.456 e. The topological polar surface area (TPSA) is 21.3 Å². The summed E-state index contributed by atoms with van der Waals surface area (Å²) in [5, 5.41) is 4.81. The molecule has 1 unspecified atom stereocenters. The zero-order chi connectivity index (χ0) is 50.1. The van der Waals surface area contributed by atoms with E-state index < -0.39 is 10.8 Å². The van der Waals surface area contributed by atoms with E-state index >= 15 is 0 Å². The molecule has 4 aliphatic rings. The zero-order valence-electron chi connectivity index (χ0n) is 41.7. The summed E-state index contributed by atoms with van der Waals surface area (Å²) in [6.07, 6.45) is 0. The molecule has 0 saturated heterocycles. The Morgan fingerprint density at radius 1 is 0.312 bits per heavy atom. The Morgan fingerprint density at radius 3 is 1.45 bits per heavy atom. The third kappa shape index (κ3) is 5.03. The van der Waals surface area contributed by atoms with Crippen LogP contribution in [0.1, 0.15) is 44.5 Å². The van der Waals surface area contributed by atoms with Gasteiger partial charge in [0.15, 0.2) is 0 Å². The second-order valence-corrected chi connectivity index (χ2v) is 21.3. The van der Waals surface area contributed by atoms with Gasteiger partial charge in [0.1, 0.15) is 11.2 Å². The molecular formula is C74H44N2O. The van der Waals surface area contributed by atoms with Gasteiger partial charge in [-0.25, -0.2) is 0 Å².